The van der Waals surface area contributed by atoms with Crippen LogP contribution in [0.4, 0.5) is 0 Å². The Labute approximate surface area is 112 Å². The second kappa shape index (κ2) is 6.16. The van der Waals surface area contributed by atoms with E-state index in [1.54, 1.807) is 19.9 Å². The first kappa shape index (κ1) is 14.9. The van der Waals surface area contributed by atoms with E-state index in [1.165, 1.54) is 6.07 Å². The molecule has 0 aliphatic heterocycles. The van der Waals surface area contributed by atoms with Crippen molar-refractivity contribution in [3.63, 3.8) is 0 Å². The highest BCUT2D eigenvalue weighted by atomic mass is 35.5. The molecule has 1 aromatic heterocycles. The Kier molecular flexibility index (Phi) is 5.11. The number of aromatic nitrogens is 1. The van der Waals surface area contributed by atoms with Crippen molar-refractivity contribution in [2.75, 3.05) is 6.54 Å². The first-order valence-electron chi connectivity index (χ1n) is 5.99. The molecule has 0 aromatic carbocycles. The predicted molar refractivity (Wildman–Crippen MR) is 71.9 cm³/mol. The van der Waals surface area contributed by atoms with E-state index < -0.39 is 5.60 Å². The number of hydrogen-bond acceptors (Lipinski definition) is 3. The number of pyridine rings is 1. The molecule has 1 rings (SSSR count). The second-order valence-corrected chi connectivity index (χ2v) is 5.30. The van der Waals surface area contributed by atoms with Gasteiger partial charge in [0, 0.05) is 17.8 Å². The predicted octanol–water partition coefficient (Wildman–Crippen LogP) is 2.19. The molecule has 0 aliphatic rings. The van der Waals surface area contributed by atoms with Gasteiger partial charge in [-0.05, 0) is 32.4 Å². The fourth-order valence-corrected chi connectivity index (χ4v) is 1.69. The Morgan fingerprint density at radius 2 is 2.17 bits per heavy atom. The Balaban J connectivity index is 2.79. The maximum Gasteiger partial charge on any atom is 0.251 e. The lowest BCUT2D eigenvalue weighted by Crippen LogP contribution is -2.38. The molecule has 0 unspecified atom stereocenters. The van der Waals surface area contributed by atoms with Crippen LogP contribution in [0.3, 0.4) is 0 Å². The van der Waals surface area contributed by atoms with Gasteiger partial charge in [0.25, 0.3) is 5.91 Å². The lowest BCUT2D eigenvalue weighted by Gasteiger charge is -2.17. The van der Waals surface area contributed by atoms with Gasteiger partial charge in [-0.2, -0.15) is 0 Å². The summed E-state index contributed by atoms with van der Waals surface area (Å²) in [5.41, 5.74) is 0.347. The molecule has 2 N–H and O–H groups in total. The van der Waals surface area contributed by atoms with Gasteiger partial charge >= 0.3 is 0 Å². The number of carbonyl (C=O) groups is 1. The minimum atomic E-state index is -0.932. The summed E-state index contributed by atoms with van der Waals surface area (Å²) in [5.74, 6) is -0.251. The van der Waals surface area contributed by atoms with Crippen molar-refractivity contribution in [2.24, 2.45) is 0 Å². The number of carbonyl (C=O) groups excluding carboxylic acids is 1. The summed E-state index contributed by atoms with van der Waals surface area (Å²) in [5, 5.41) is 12.5. The van der Waals surface area contributed by atoms with E-state index in [0.717, 1.165) is 18.5 Å². The van der Waals surface area contributed by atoms with Gasteiger partial charge in [-0.3, -0.25) is 4.79 Å². The van der Waals surface area contributed by atoms with E-state index in [9.17, 15) is 9.90 Å². The fourth-order valence-electron chi connectivity index (χ4n) is 1.47. The summed E-state index contributed by atoms with van der Waals surface area (Å²) in [7, 11) is 0. The molecule has 0 aliphatic carbocycles. The third kappa shape index (κ3) is 5.02. The van der Waals surface area contributed by atoms with Gasteiger partial charge in [-0.15, -0.1) is 0 Å². The number of aliphatic hydroxyl groups is 1. The topological polar surface area (TPSA) is 62.2 Å². The number of nitrogens with zero attached hydrogens (tertiary/aromatic N) is 1. The van der Waals surface area contributed by atoms with Crippen LogP contribution in [0.1, 0.15) is 43.2 Å². The van der Waals surface area contributed by atoms with E-state index in [2.05, 4.69) is 10.3 Å². The highest BCUT2D eigenvalue weighted by Gasteiger charge is 2.15. The van der Waals surface area contributed by atoms with Gasteiger partial charge in [-0.1, -0.05) is 24.9 Å². The van der Waals surface area contributed by atoms with Crippen molar-refractivity contribution in [3.05, 3.63) is 28.5 Å². The molecule has 0 spiro atoms. The van der Waals surface area contributed by atoms with Gasteiger partial charge in [0.05, 0.1) is 5.60 Å². The third-order valence-corrected chi connectivity index (χ3v) is 2.49. The van der Waals surface area contributed by atoms with Crippen LogP contribution in [-0.4, -0.2) is 28.1 Å². The minimum Gasteiger partial charge on any atom is -0.389 e. The van der Waals surface area contributed by atoms with Crippen LogP contribution >= 0.6 is 11.6 Å². The number of rotatable bonds is 5. The Morgan fingerprint density at radius 1 is 1.50 bits per heavy atom. The maximum atomic E-state index is 11.9. The lowest BCUT2D eigenvalue weighted by molar-refractivity contribution is 0.0694. The van der Waals surface area contributed by atoms with E-state index >= 15 is 0 Å². The van der Waals surface area contributed by atoms with Crippen molar-refractivity contribution in [3.8, 4) is 0 Å². The highest BCUT2D eigenvalue weighted by Crippen LogP contribution is 2.12. The summed E-state index contributed by atoms with van der Waals surface area (Å²) < 4.78 is 0. The van der Waals surface area contributed by atoms with Gasteiger partial charge < -0.3 is 10.4 Å². The molecule has 5 heteroatoms. The van der Waals surface area contributed by atoms with E-state index in [1.807, 2.05) is 6.92 Å². The molecule has 0 atom stereocenters. The first-order valence-corrected chi connectivity index (χ1v) is 6.36. The van der Waals surface area contributed by atoms with E-state index in [-0.39, 0.29) is 12.5 Å². The van der Waals surface area contributed by atoms with Crippen LogP contribution in [-0.2, 0) is 6.42 Å². The molecule has 1 heterocycles. The Morgan fingerprint density at radius 3 is 2.72 bits per heavy atom. The van der Waals surface area contributed by atoms with Gasteiger partial charge in [-0.25, -0.2) is 4.98 Å². The number of aryl methyl sites for hydroxylation is 1. The summed E-state index contributed by atoms with van der Waals surface area (Å²) in [6.45, 7) is 5.50. The molecule has 0 fully saturated rings. The van der Waals surface area contributed by atoms with Gasteiger partial charge in [0.1, 0.15) is 5.15 Å². The normalized spacial score (nSPS) is 11.4. The van der Waals surface area contributed by atoms with Crippen LogP contribution < -0.4 is 5.32 Å². The summed E-state index contributed by atoms with van der Waals surface area (Å²) in [6, 6.07) is 3.26. The largest absolute Gasteiger partial charge is 0.389 e. The zero-order valence-corrected chi connectivity index (χ0v) is 11.7. The molecule has 4 nitrogen and oxygen atoms in total. The summed E-state index contributed by atoms with van der Waals surface area (Å²) in [4.78, 5) is 16.0. The Bertz CT molecular complexity index is 427. The quantitative estimate of drug-likeness (QED) is 0.806. The third-order valence-electron chi connectivity index (χ3n) is 2.30. The monoisotopic (exact) mass is 270 g/mol. The average molecular weight is 271 g/mol. The van der Waals surface area contributed by atoms with Gasteiger partial charge in [0.15, 0.2) is 0 Å². The zero-order chi connectivity index (χ0) is 13.8. The standard InChI is InChI=1S/C13H19ClN2O2/c1-4-5-10-6-9(7-11(14)16-10)12(17)15-8-13(2,3)18/h6-7,18H,4-5,8H2,1-3H3,(H,15,17). The maximum absolute atomic E-state index is 11.9. The molecule has 0 radical (unpaired) electrons. The van der Waals surface area contributed by atoms with Crippen molar-refractivity contribution >= 4 is 17.5 Å². The van der Waals surface area contributed by atoms with Crippen LogP contribution in [0.2, 0.25) is 5.15 Å². The smallest absolute Gasteiger partial charge is 0.251 e. The molecule has 0 saturated carbocycles. The number of nitrogens with one attached hydrogen (secondary N) is 1. The van der Waals surface area contributed by atoms with Crippen LogP contribution in [0.5, 0.6) is 0 Å². The van der Waals surface area contributed by atoms with Crippen molar-refractivity contribution in [1.29, 1.82) is 0 Å². The molecule has 100 valence electrons. The van der Waals surface area contributed by atoms with Crippen molar-refractivity contribution in [1.82, 2.24) is 10.3 Å². The Hall–Kier alpha value is -1.13. The van der Waals surface area contributed by atoms with E-state index in [0.29, 0.717) is 10.7 Å². The minimum absolute atomic E-state index is 0.189. The lowest BCUT2D eigenvalue weighted by atomic mass is 10.1. The molecule has 0 saturated heterocycles. The van der Waals surface area contributed by atoms with Crippen LogP contribution in [0.25, 0.3) is 0 Å². The molecule has 0 bridgehead atoms. The molecule has 1 amide bonds. The van der Waals surface area contributed by atoms with Crippen LogP contribution in [0, 0.1) is 0 Å². The summed E-state index contributed by atoms with van der Waals surface area (Å²) in [6.07, 6.45) is 1.73. The summed E-state index contributed by atoms with van der Waals surface area (Å²) >= 11 is 5.88. The van der Waals surface area contributed by atoms with Crippen LogP contribution in [0.15, 0.2) is 12.1 Å². The van der Waals surface area contributed by atoms with Crippen molar-refractivity contribution < 1.29 is 9.90 Å². The molecule has 18 heavy (non-hydrogen) atoms. The molecular formula is C13H19ClN2O2. The highest BCUT2D eigenvalue weighted by molar-refractivity contribution is 6.29. The molecular weight excluding hydrogens is 252 g/mol. The van der Waals surface area contributed by atoms with E-state index in [4.69, 9.17) is 11.6 Å². The van der Waals surface area contributed by atoms with Gasteiger partial charge in [0.2, 0.25) is 0 Å². The number of halogens is 1. The fraction of sp³-hybridized carbons (Fsp3) is 0.538. The average Bonchev–Trinajstić information content (AvgIpc) is 2.24. The zero-order valence-electron chi connectivity index (χ0n) is 11.0. The number of hydrogen-bond donors (Lipinski definition) is 2. The molecule has 1 aromatic rings. The first-order chi connectivity index (χ1) is 8.31. The van der Waals surface area contributed by atoms with Crippen molar-refractivity contribution in [2.45, 2.75) is 39.2 Å². The number of amides is 1. The SMILES string of the molecule is CCCc1cc(C(=O)NCC(C)(C)O)cc(Cl)n1. The second-order valence-electron chi connectivity index (χ2n) is 4.91.